The molecule has 0 unspecified atom stereocenters. The van der Waals surface area contributed by atoms with Gasteiger partial charge in [-0.25, -0.2) is 9.78 Å². The molecule has 1 saturated carbocycles. The molecule has 0 amide bonds. The van der Waals surface area contributed by atoms with E-state index < -0.39 is 5.56 Å². The molecule has 0 aliphatic heterocycles. The summed E-state index contributed by atoms with van der Waals surface area (Å²) in [6.45, 7) is 6.31. The summed E-state index contributed by atoms with van der Waals surface area (Å²) >= 11 is 1.52. The number of nitriles is 1. The molecule has 1 aliphatic rings. The average molecular weight is 330 g/mol. The smallest absolute Gasteiger partial charge is 0.296 e. The van der Waals surface area contributed by atoms with Crippen LogP contribution in [-0.2, 0) is 12.0 Å². The first-order chi connectivity index (χ1) is 10.8. The third-order valence-corrected chi connectivity index (χ3v) is 5.09. The Bertz CT molecular complexity index is 904. The Morgan fingerprint density at radius 3 is 2.61 bits per heavy atom. The number of hydrogen-bond acceptors (Lipinski definition) is 5. The van der Waals surface area contributed by atoms with Crippen LogP contribution in [0.2, 0.25) is 0 Å². The lowest BCUT2D eigenvalue weighted by molar-refractivity contribution is 0.568. The first-order valence-electron chi connectivity index (χ1n) is 7.52. The lowest BCUT2D eigenvalue weighted by Gasteiger charge is -2.13. The first-order valence-corrected chi connectivity index (χ1v) is 8.40. The first kappa shape index (κ1) is 15.7. The summed E-state index contributed by atoms with van der Waals surface area (Å²) in [7, 11) is 0. The molecule has 120 valence electrons. The fourth-order valence-electron chi connectivity index (χ4n) is 2.34. The van der Waals surface area contributed by atoms with Gasteiger partial charge in [-0.3, -0.25) is 13.9 Å². The SMILES string of the molecule is CC(C)(C)c1nc(Cn2c(=O)c(C#N)cn(C3CC3)c2=O)cs1. The molecule has 0 saturated heterocycles. The quantitative estimate of drug-likeness (QED) is 0.862. The molecule has 2 aromatic heterocycles. The topological polar surface area (TPSA) is 80.7 Å². The molecule has 6 nitrogen and oxygen atoms in total. The van der Waals surface area contributed by atoms with Crippen LogP contribution in [0.5, 0.6) is 0 Å². The molecule has 0 bridgehead atoms. The van der Waals surface area contributed by atoms with Crippen LogP contribution in [-0.4, -0.2) is 14.1 Å². The standard InChI is InChI=1S/C16H18N4O2S/c1-16(2,3)14-18-11(9-23-14)8-20-13(21)10(6-17)7-19(15(20)22)12-4-5-12/h7,9,12H,4-5,8H2,1-3H3. The van der Waals surface area contributed by atoms with Gasteiger partial charge in [-0.15, -0.1) is 11.3 Å². The highest BCUT2D eigenvalue weighted by molar-refractivity contribution is 7.09. The van der Waals surface area contributed by atoms with Crippen LogP contribution in [0.25, 0.3) is 0 Å². The highest BCUT2D eigenvalue weighted by Gasteiger charge is 2.27. The number of hydrogen-bond donors (Lipinski definition) is 0. The molecule has 23 heavy (non-hydrogen) atoms. The minimum atomic E-state index is -0.542. The Morgan fingerprint density at radius 1 is 1.39 bits per heavy atom. The summed E-state index contributed by atoms with van der Waals surface area (Å²) in [5.74, 6) is 0. The Balaban J connectivity index is 2.04. The van der Waals surface area contributed by atoms with Gasteiger partial charge in [0.05, 0.1) is 17.2 Å². The molecule has 2 aromatic rings. The van der Waals surface area contributed by atoms with Gasteiger partial charge in [0.1, 0.15) is 11.6 Å². The minimum absolute atomic E-state index is 0.00257. The largest absolute Gasteiger partial charge is 0.331 e. The second-order valence-corrected chi connectivity index (χ2v) is 7.72. The molecule has 2 heterocycles. The van der Waals surface area contributed by atoms with E-state index in [1.807, 2.05) is 11.4 Å². The molecule has 3 rings (SSSR count). The molecule has 0 atom stereocenters. The van der Waals surface area contributed by atoms with Crippen molar-refractivity contribution in [3.63, 3.8) is 0 Å². The predicted octanol–water partition coefficient (Wildman–Crippen LogP) is 2.02. The van der Waals surface area contributed by atoms with Gasteiger partial charge >= 0.3 is 5.69 Å². The maximum absolute atomic E-state index is 12.5. The van der Waals surface area contributed by atoms with Gasteiger partial charge in [-0.05, 0) is 12.8 Å². The van der Waals surface area contributed by atoms with Gasteiger partial charge in [0.2, 0.25) is 0 Å². The van der Waals surface area contributed by atoms with E-state index >= 15 is 0 Å². The second-order valence-electron chi connectivity index (χ2n) is 6.86. The molecule has 1 aliphatic carbocycles. The van der Waals surface area contributed by atoms with Crippen LogP contribution in [0.15, 0.2) is 21.2 Å². The number of aromatic nitrogens is 3. The maximum Gasteiger partial charge on any atom is 0.331 e. The highest BCUT2D eigenvalue weighted by atomic mass is 32.1. The summed E-state index contributed by atoms with van der Waals surface area (Å²) in [6, 6.07) is 2.00. The van der Waals surface area contributed by atoms with Crippen LogP contribution < -0.4 is 11.2 Å². The monoisotopic (exact) mass is 330 g/mol. The van der Waals surface area contributed by atoms with Gasteiger partial charge in [-0.2, -0.15) is 5.26 Å². The molecule has 0 spiro atoms. The zero-order valence-electron chi connectivity index (χ0n) is 13.4. The van der Waals surface area contributed by atoms with Gasteiger partial charge in [0.25, 0.3) is 5.56 Å². The van der Waals surface area contributed by atoms with Crippen molar-refractivity contribution < 1.29 is 0 Å². The van der Waals surface area contributed by atoms with Crippen molar-refractivity contribution in [3.05, 3.63) is 48.7 Å². The molecular weight excluding hydrogens is 312 g/mol. The Morgan fingerprint density at radius 2 is 2.09 bits per heavy atom. The number of thiazole rings is 1. The van der Waals surface area contributed by atoms with E-state index in [1.165, 1.54) is 22.1 Å². The van der Waals surface area contributed by atoms with E-state index in [9.17, 15) is 9.59 Å². The second kappa shape index (κ2) is 5.46. The molecular formula is C16H18N4O2S. The third-order valence-electron chi connectivity index (χ3n) is 3.77. The van der Waals surface area contributed by atoms with Gasteiger partial charge in [0, 0.05) is 23.0 Å². The Labute approximate surface area is 137 Å². The van der Waals surface area contributed by atoms with Crippen molar-refractivity contribution in [1.82, 2.24) is 14.1 Å². The van der Waals surface area contributed by atoms with Crippen molar-refractivity contribution in [1.29, 1.82) is 5.26 Å². The molecule has 7 heteroatoms. The Kier molecular flexibility index (Phi) is 3.72. The summed E-state index contributed by atoms with van der Waals surface area (Å²) in [5.41, 5.74) is -0.294. The summed E-state index contributed by atoms with van der Waals surface area (Å²) in [6.07, 6.45) is 3.21. The summed E-state index contributed by atoms with van der Waals surface area (Å²) in [5, 5.41) is 12.0. The van der Waals surface area contributed by atoms with Crippen molar-refractivity contribution in [2.45, 2.75) is 51.6 Å². The van der Waals surface area contributed by atoms with Gasteiger partial charge in [0.15, 0.2) is 0 Å². The van der Waals surface area contributed by atoms with Crippen LogP contribution >= 0.6 is 11.3 Å². The van der Waals surface area contributed by atoms with Crippen molar-refractivity contribution in [3.8, 4) is 6.07 Å². The van der Waals surface area contributed by atoms with Crippen LogP contribution in [0.4, 0.5) is 0 Å². The summed E-state index contributed by atoms with van der Waals surface area (Å²) in [4.78, 5) is 29.4. The normalized spacial score (nSPS) is 14.7. The van der Waals surface area contributed by atoms with E-state index in [1.54, 1.807) is 0 Å². The highest BCUT2D eigenvalue weighted by Crippen LogP contribution is 2.33. The van der Waals surface area contributed by atoms with Gasteiger partial charge < -0.3 is 0 Å². The van der Waals surface area contributed by atoms with E-state index in [-0.39, 0.29) is 29.3 Å². The zero-order valence-corrected chi connectivity index (χ0v) is 14.2. The third kappa shape index (κ3) is 2.99. The number of rotatable bonds is 3. The summed E-state index contributed by atoms with van der Waals surface area (Å²) < 4.78 is 2.63. The minimum Gasteiger partial charge on any atom is -0.296 e. The van der Waals surface area contributed by atoms with Gasteiger partial charge in [-0.1, -0.05) is 20.8 Å². The molecule has 1 fully saturated rings. The van der Waals surface area contributed by atoms with E-state index in [0.29, 0.717) is 5.69 Å². The molecule has 0 aromatic carbocycles. The fourth-order valence-corrected chi connectivity index (χ4v) is 3.24. The predicted molar refractivity (Wildman–Crippen MR) is 87.9 cm³/mol. The fraction of sp³-hybridized carbons (Fsp3) is 0.500. The average Bonchev–Trinajstić information content (AvgIpc) is 3.20. The van der Waals surface area contributed by atoms with Crippen LogP contribution in [0, 0.1) is 11.3 Å². The molecule has 0 radical (unpaired) electrons. The molecule has 0 N–H and O–H groups in total. The van der Waals surface area contributed by atoms with Crippen molar-refractivity contribution in [2.24, 2.45) is 0 Å². The number of nitrogens with zero attached hydrogens (tertiary/aromatic N) is 4. The lowest BCUT2D eigenvalue weighted by Crippen LogP contribution is -2.41. The zero-order chi connectivity index (χ0) is 16.8. The van der Waals surface area contributed by atoms with E-state index in [2.05, 4.69) is 25.8 Å². The Hall–Kier alpha value is -2.20. The van der Waals surface area contributed by atoms with Crippen molar-refractivity contribution in [2.75, 3.05) is 0 Å². The van der Waals surface area contributed by atoms with E-state index in [0.717, 1.165) is 22.4 Å². The van der Waals surface area contributed by atoms with Crippen LogP contribution in [0.3, 0.4) is 0 Å². The van der Waals surface area contributed by atoms with E-state index in [4.69, 9.17) is 5.26 Å². The van der Waals surface area contributed by atoms with Crippen LogP contribution in [0.1, 0.15) is 55.9 Å². The maximum atomic E-state index is 12.5. The van der Waals surface area contributed by atoms with Crippen molar-refractivity contribution >= 4 is 11.3 Å². The lowest BCUT2D eigenvalue weighted by atomic mass is 9.98.